The molecule has 0 bridgehead atoms. The summed E-state index contributed by atoms with van der Waals surface area (Å²) in [6, 6.07) is 3.09. The lowest BCUT2D eigenvalue weighted by Crippen LogP contribution is -2.19. The maximum Gasteiger partial charge on any atom is 0.245 e. The van der Waals surface area contributed by atoms with E-state index in [0.29, 0.717) is 5.02 Å². The van der Waals surface area contributed by atoms with Crippen LogP contribution in [-0.4, -0.2) is 10.7 Å². The summed E-state index contributed by atoms with van der Waals surface area (Å²) in [5.74, 6) is -0.172. The molecule has 0 aromatic heterocycles. The summed E-state index contributed by atoms with van der Waals surface area (Å²) in [5.41, 5.74) is 7.31. The number of fused-ring (bicyclic) bond motifs is 1. The van der Waals surface area contributed by atoms with E-state index in [1.807, 2.05) is 6.07 Å². The number of carbonyl (C=O) groups excluding carboxylic acids is 1. The lowest BCUT2D eigenvalue weighted by atomic mass is 10.1. The van der Waals surface area contributed by atoms with Gasteiger partial charge < -0.3 is 11.1 Å². The van der Waals surface area contributed by atoms with Gasteiger partial charge in [-0.3, -0.25) is 4.79 Å². The van der Waals surface area contributed by atoms with Crippen molar-refractivity contribution in [2.24, 2.45) is 5.73 Å². The van der Waals surface area contributed by atoms with Crippen LogP contribution in [0.5, 0.6) is 0 Å². The first-order valence-corrected chi connectivity index (χ1v) is 6.56. The number of rotatable bonds is 1. The van der Waals surface area contributed by atoms with Crippen molar-refractivity contribution >= 4 is 35.0 Å². The van der Waals surface area contributed by atoms with Gasteiger partial charge in [-0.15, -0.1) is 11.8 Å². The normalized spacial score (nSPS) is 19.1. The fourth-order valence-electron chi connectivity index (χ4n) is 1.69. The van der Waals surface area contributed by atoms with Crippen molar-refractivity contribution in [2.45, 2.75) is 36.5 Å². The lowest BCUT2D eigenvalue weighted by Gasteiger charge is -2.19. The zero-order chi connectivity index (χ0) is 12.8. The summed E-state index contributed by atoms with van der Waals surface area (Å²) in [6.45, 7) is 6.35. The Kier molecular flexibility index (Phi) is 3.14. The van der Waals surface area contributed by atoms with E-state index in [1.165, 1.54) is 0 Å². The Morgan fingerprint density at radius 2 is 2.06 bits per heavy atom. The van der Waals surface area contributed by atoms with E-state index in [-0.39, 0.29) is 10.7 Å². The van der Waals surface area contributed by atoms with Crippen LogP contribution >= 0.6 is 23.4 Å². The van der Waals surface area contributed by atoms with Gasteiger partial charge >= 0.3 is 0 Å². The Bertz CT molecular complexity index is 482. The van der Waals surface area contributed by atoms with Gasteiger partial charge in [0.05, 0.1) is 5.02 Å². The van der Waals surface area contributed by atoms with E-state index in [9.17, 15) is 4.79 Å². The summed E-state index contributed by atoms with van der Waals surface area (Å²) in [5, 5.41) is 3.41. The zero-order valence-electron chi connectivity index (χ0n) is 10.0. The van der Waals surface area contributed by atoms with Crippen LogP contribution in [0.25, 0.3) is 0 Å². The molecular formula is C12H15ClN2OS. The maximum absolute atomic E-state index is 11.5. The Hall–Kier alpha value is -0.710. The van der Waals surface area contributed by atoms with Crippen LogP contribution in [0.1, 0.15) is 32.4 Å². The van der Waals surface area contributed by atoms with Gasteiger partial charge in [-0.05, 0) is 12.1 Å². The zero-order valence-corrected chi connectivity index (χ0v) is 11.6. The second kappa shape index (κ2) is 4.19. The molecular weight excluding hydrogens is 256 g/mol. The van der Waals surface area contributed by atoms with E-state index in [4.69, 9.17) is 17.3 Å². The van der Waals surface area contributed by atoms with Gasteiger partial charge in [0.25, 0.3) is 0 Å². The number of anilines is 1. The van der Waals surface area contributed by atoms with Gasteiger partial charge in [0, 0.05) is 20.9 Å². The second-order valence-corrected chi connectivity index (χ2v) is 7.33. The van der Waals surface area contributed by atoms with E-state index < -0.39 is 6.04 Å². The predicted octanol–water partition coefficient (Wildman–Crippen LogP) is 3.18. The molecule has 1 heterocycles. The number of benzene rings is 1. The Morgan fingerprint density at radius 1 is 1.41 bits per heavy atom. The number of hydrogen-bond donors (Lipinski definition) is 2. The van der Waals surface area contributed by atoms with Gasteiger partial charge in [-0.25, -0.2) is 0 Å². The molecule has 3 N–H and O–H groups in total. The number of thioether (sulfide) groups is 1. The molecule has 1 unspecified atom stereocenters. The van der Waals surface area contributed by atoms with Crippen LogP contribution in [0.2, 0.25) is 5.02 Å². The minimum Gasteiger partial charge on any atom is -0.324 e. The van der Waals surface area contributed by atoms with E-state index in [1.54, 1.807) is 17.8 Å². The molecule has 2 rings (SSSR count). The SMILES string of the molecule is CC(C)(C)Sc1cc2c(cc1Cl)C(N)C(=O)N2. The van der Waals surface area contributed by atoms with E-state index in [2.05, 4.69) is 26.1 Å². The van der Waals surface area contributed by atoms with Gasteiger partial charge in [-0.1, -0.05) is 32.4 Å². The summed E-state index contributed by atoms with van der Waals surface area (Å²) in [6.07, 6.45) is 0. The summed E-state index contributed by atoms with van der Waals surface area (Å²) < 4.78 is 0.0720. The molecule has 1 aromatic carbocycles. The molecule has 0 aliphatic carbocycles. The fourth-order valence-corrected chi connectivity index (χ4v) is 2.97. The first kappa shape index (κ1) is 12.7. The molecule has 1 aliphatic rings. The molecule has 92 valence electrons. The Labute approximate surface area is 110 Å². The van der Waals surface area contributed by atoms with Gasteiger partial charge in [0.1, 0.15) is 6.04 Å². The Balaban J connectivity index is 2.40. The molecule has 5 heteroatoms. The van der Waals surface area contributed by atoms with Gasteiger partial charge in [0.15, 0.2) is 0 Å². The quantitative estimate of drug-likeness (QED) is 0.771. The third kappa shape index (κ3) is 2.59. The lowest BCUT2D eigenvalue weighted by molar-refractivity contribution is -0.116. The largest absolute Gasteiger partial charge is 0.324 e. The number of halogens is 1. The minimum atomic E-state index is -0.601. The van der Waals surface area contributed by atoms with Gasteiger partial charge in [-0.2, -0.15) is 0 Å². The standard InChI is InChI=1S/C12H15ClN2OS/c1-12(2,3)17-9-5-8-6(4-7(9)13)10(14)11(16)15-8/h4-5,10H,14H2,1-3H3,(H,15,16). The van der Waals surface area contributed by atoms with Crippen molar-refractivity contribution in [1.82, 2.24) is 0 Å². The molecule has 0 radical (unpaired) electrons. The highest BCUT2D eigenvalue weighted by atomic mass is 35.5. The van der Waals surface area contributed by atoms with Crippen LogP contribution < -0.4 is 11.1 Å². The minimum absolute atomic E-state index is 0.0720. The second-order valence-electron chi connectivity index (χ2n) is 5.05. The molecule has 0 spiro atoms. The number of nitrogens with one attached hydrogen (secondary N) is 1. The average Bonchev–Trinajstić information content (AvgIpc) is 2.43. The van der Waals surface area contributed by atoms with Crippen LogP contribution in [0.3, 0.4) is 0 Å². The van der Waals surface area contributed by atoms with Crippen molar-refractivity contribution in [3.8, 4) is 0 Å². The third-order valence-electron chi connectivity index (χ3n) is 2.40. The molecule has 0 saturated carbocycles. The summed E-state index contributed by atoms with van der Waals surface area (Å²) >= 11 is 7.88. The van der Waals surface area contributed by atoms with Gasteiger partial charge in [0.2, 0.25) is 5.91 Å². The highest BCUT2D eigenvalue weighted by molar-refractivity contribution is 8.00. The smallest absolute Gasteiger partial charge is 0.245 e. The molecule has 1 aromatic rings. The topological polar surface area (TPSA) is 55.1 Å². The molecule has 1 amide bonds. The first-order valence-electron chi connectivity index (χ1n) is 5.37. The van der Waals surface area contributed by atoms with Crippen molar-refractivity contribution in [1.29, 1.82) is 0 Å². The number of amides is 1. The van der Waals surface area contributed by atoms with Crippen molar-refractivity contribution in [3.05, 3.63) is 22.7 Å². The van der Waals surface area contributed by atoms with Crippen LogP contribution in [0.4, 0.5) is 5.69 Å². The summed E-state index contributed by atoms with van der Waals surface area (Å²) in [4.78, 5) is 12.4. The maximum atomic E-state index is 11.5. The highest BCUT2D eigenvalue weighted by Gasteiger charge is 2.29. The molecule has 17 heavy (non-hydrogen) atoms. The highest BCUT2D eigenvalue weighted by Crippen LogP contribution is 2.42. The van der Waals surface area contributed by atoms with Crippen molar-refractivity contribution in [3.63, 3.8) is 0 Å². The molecule has 0 fully saturated rings. The summed E-state index contributed by atoms with van der Waals surface area (Å²) in [7, 11) is 0. The fraction of sp³-hybridized carbons (Fsp3) is 0.417. The Morgan fingerprint density at radius 3 is 2.65 bits per heavy atom. The van der Waals surface area contributed by atoms with Crippen molar-refractivity contribution < 1.29 is 4.79 Å². The monoisotopic (exact) mass is 270 g/mol. The van der Waals surface area contributed by atoms with E-state index in [0.717, 1.165) is 16.1 Å². The number of carbonyl (C=O) groups is 1. The predicted molar refractivity (Wildman–Crippen MR) is 72.6 cm³/mol. The average molecular weight is 271 g/mol. The van der Waals surface area contributed by atoms with Crippen LogP contribution in [-0.2, 0) is 4.79 Å². The third-order valence-corrected chi connectivity index (χ3v) is 3.99. The molecule has 0 saturated heterocycles. The van der Waals surface area contributed by atoms with Crippen molar-refractivity contribution in [2.75, 3.05) is 5.32 Å². The molecule has 3 nitrogen and oxygen atoms in total. The first-order chi connectivity index (χ1) is 7.78. The van der Waals surface area contributed by atoms with E-state index >= 15 is 0 Å². The van der Waals surface area contributed by atoms with Crippen LogP contribution in [0.15, 0.2) is 17.0 Å². The van der Waals surface area contributed by atoms with Crippen LogP contribution in [0, 0.1) is 0 Å². The molecule has 1 aliphatic heterocycles. The number of hydrogen-bond acceptors (Lipinski definition) is 3. The molecule has 1 atom stereocenters. The number of nitrogens with two attached hydrogens (primary N) is 1.